The molecule has 110 valence electrons. The summed E-state index contributed by atoms with van der Waals surface area (Å²) in [7, 11) is 0. The van der Waals surface area contributed by atoms with E-state index < -0.39 is 6.04 Å². The third-order valence-corrected chi connectivity index (χ3v) is 3.63. The van der Waals surface area contributed by atoms with Gasteiger partial charge in [0.05, 0.1) is 0 Å². The molecule has 0 radical (unpaired) electrons. The molecule has 1 aliphatic rings. The second-order valence-electron chi connectivity index (χ2n) is 4.89. The van der Waals surface area contributed by atoms with Crippen molar-refractivity contribution in [1.82, 2.24) is 4.90 Å². The maximum atomic E-state index is 12.3. The Balaban J connectivity index is 0.00000200. The average Bonchev–Trinajstić information content (AvgIpc) is 2.46. The van der Waals surface area contributed by atoms with Gasteiger partial charge in [-0.05, 0) is 18.4 Å². The third kappa shape index (κ3) is 3.71. The van der Waals surface area contributed by atoms with E-state index in [1.807, 2.05) is 30.3 Å². The van der Waals surface area contributed by atoms with Crippen LogP contribution in [-0.2, 0) is 9.59 Å². The number of likely N-dealkylation sites (tertiary alicyclic amines) is 1. The second-order valence-corrected chi connectivity index (χ2v) is 4.89. The van der Waals surface area contributed by atoms with Crippen molar-refractivity contribution in [3.05, 3.63) is 35.9 Å². The van der Waals surface area contributed by atoms with Crippen molar-refractivity contribution >= 4 is 24.2 Å². The normalized spacial score (nSPS) is 17.1. The summed E-state index contributed by atoms with van der Waals surface area (Å²) >= 11 is 0. The maximum Gasteiger partial charge on any atom is 0.244 e. The summed E-state index contributed by atoms with van der Waals surface area (Å²) < 4.78 is 0. The Morgan fingerprint density at radius 2 is 1.70 bits per heavy atom. The molecule has 6 heteroatoms. The fraction of sp³-hybridized carbons (Fsp3) is 0.429. The van der Waals surface area contributed by atoms with E-state index in [4.69, 9.17) is 11.5 Å². The summed E-state index contributed by atoms with van der Waals surface area (Å²) in [5.74, 6) is -0.481. The lowest BCUT2D eigenvalue weighted by atomic mass is 9.95. The van der Waals surface area contributed by atoms with Crippen LogP contribution < -0.4 is 11.5 Å². The standard InChI is InChI=1S/C14H19N3O2.ClH/c15-12(10-4-2-1-3-5-10)14(19)17-8-6-11(7-9-17)13(16)18;/h1-5,11-12H,6-9,15H2,(H2,16,18);1H. The highest BCUT2D eigenvalue weighted by atomic mass is 35.5. The molecule has 4 N–H and O–H groups in total. The van der Waals surface area contributed by atoms with Crippen LogP contribution >= 0.6 is 12.4 Å². The number of primary amides is 1. The first kappa shape index (κ1) is 16.5. The molecule has 2 amide bonds. The predicted octanol–water partition coefficient (Wildman–Crippen LogP) is 0.832. The van der Waals surface area contributed by atoms with Crippen LogP contribution in [0, 0.1) is 5.92 Å². The molecule has 1 saturated heterocycles. The van der Waals surface area contributed by atoms with Gasteiger partial charge in [0, 0.05) is 19.0 Å². The quantitative estimate of drug-likeness (QED) is 0.866. The average molecular weight is 298 g/mol. The second kappa shape index (κ2) is 7.26. The van der Waals surface area contributed by atoms with Crippen LogP contribution in [0.5, 0.6) is 0 Å². The van der Waals surface area contributed by atoms with Crippen LogP contribution in [0.1, 0.15) is 24.4 Å². The van der Waals surface area contributed by atoms with Gasteiger partial charge >= 0.3 is 0 Å². The lowest BCUT2D eigenvalue weighted by Gasteiger charge is -2.32. The van der Waals surface area contributed by atoms with Crippen molar-refractivity contribution < 1.29 is 9.59 Å². The summed E-state index contributed by atoms with van der Waals surface area (Å²) in [6.07, 6.45) is 1.26. The fourth-order valence-electron chi connectivity index (χ4n) is 2.38. The maximum absolute atomic E-state index is 12.3. The van der Waals surface area contributed by atoms with Gasteiger partial charge in [-0.3, -0.25) is 9.59 Å². The van der Waals surface area contributed by atoms with Gasteiger partial charge in [-0.15, -0.1) is 12.4 Å². The molecule has 0 bridgehead atoms. The molecule has 0 aromatic heterocycles. The van der Waals surface area contributed by atoms with Crippen LogP contribution in [-0.4, -0.2) is 29.8 Å². The van der Waals surface area contributed by atoms with E-state index in [2.05, 4.69) is 0 Å². The van der Waals surface area contributed by atoms with Gasteiger partial charge < -0.3 is 16.4 Å². The Bertz CT molecular complexity index is 459. The first-order valence-electron chi connectivity index (χ1n) is 6.48. The van der Waals surface area contributed by atoms with Gasteiger partial charge in [0.15, 0.2) is 0 Å². The monoisotopic (exact) mass is 297 g/mol. The van der Waals surface area contributed by atoms with Gasteiger partial charge in [0.1, 0.15) is 6.04 Å². The van der Waals surface area contributed by atoms with Crippen molar-refractivity contribution in [3.8, 4) is 0 Å². The van der Waals surface area contributed by atoms with E-state index in [1.165, 1.54) is 0 Å². The summed E-state index contributed by atoms with van der Waals surface area (Å²) in [6.45, 7) is 1.10. The largest absolute Gasteiger partial charge is 0.369 e. The van der Waals surface area contributed by atoms with Gasteiger partial charge in [-0.1, -0.05) is 30.3 Å². The Morgan fingerprint density at radius 3 is 2.20 bits per heavy atom. The number of piperidine rings is 1. The number of carbonyl (C=O) groups is 2. The molecule has 1 aromatic carbocycles. The van der Waals surface area contributed by atoms with Gasteiger partial charge in [0.2, 0.25) is 11.8 Å². The minimum absolute atomic E-state index is 0. The summed E-state index contributed by atoms with van der Waals surface area (Å²) in [4.78, 5) is 25.1. The Labute approximate surface area is 124 Å². The minimum atomic E-state index is -0.633. The third-order valence-electron chi connectivity index (χ3n) is 3.63. The number of amides is 2. The zero-order chi connectivity index (χ0) is 13.8. The van der Waals surface area contributed by atoms with Gasteiger partial charge in [-0.25, -0.2) is 0 Å². The van der Waals surface area contributed by atoms with Crippen LogP contribution in [0.2, 0.25) is 0 Å². The smallest absolute Gasteiger partial charge is 0.244 e. The molecule has 1 fully saturated rings. The zero-order valence-electron chi connectivity index (χ0n) is 11.2. The lowest BCUT2D eigenvalue weighted by molar-refractivity contribution is -0.136. The Kier molecular flexibility index (Phi) is 5.98. The number of hydrogen-bond donors (Lipinski definition) is 2. The molecule has 0 aliphatic carbocycles. The highest BCUT2D eigenvalue weighted by molar-refractivity contribution is 5.85. The molecule has 2 rings (SSSR count). The Morgan fingerprint density at radius 1 is 1.15 bits per heavy atom. The van der Waals surface area contributed by atoms with Crippen LogP contribution in [0.4, 0.5) is 0 Å². The van der Waals surface area contributed by atoms with Gasteiger partial charge in [-0.2, -0.15) is 0 Å². The number of nitrogens with two attached hydrogens (primary N) is 2. The highest BCUT2D eigenvalue weighted by Crippen LogP contribution is 2.20. The zero-order valence-corrected chi connectivity index (χ0v) is 12.0. The van der Waals surface area contributed by atoms with Gasteiger partial charge in [0.25, 0.3) is 0 Å². The summed E-state index contributed by atoms with van der Waals surface area (Å²) in [5, 5.41) is 0. The van der Waals surface area contributed by atoms with E-state index in [0.29, 0.717) is 25.9 Å². The van der Waals surface area contributed by atoms with E-state index in [9.17, 15) is 9.59 Å². The number of hydrogen-bond acceptors (Lipinski definition) is 3. The van der Waals surface area contributed by atoms with E-state index in [0.717, 1.165) is 5.56 Å². The Hall–Kier alpha value is -1.59. The molecule has 5 nitrogen and oxygen atoms in total. The van der Waals surface area contributed by atoms with Crippen molar-refractivity contribution in [2.45, 2.75) is 18.9 Å². The molecule has 20 heavy (non-hydrogen) atoms. The molecule has 0 saturated carbocycles. The first-order valence-corrected chi connectivity index (χ1v) is 6.48. The topological polar surface area (TPSA) is 89.4 Å². The predicted molar refractivity (Wildman–Crippen MR) is 79.1 cm³/mol. The minimum Gasteiger partial charge on any atom is -0.369 e. The van der Waals surface area contributed by atoms with Crippen molar-refractivity contribution in [1.29, 1.82) is 0 Å². The van der Waals surface area contributed by atoms with E-state index >= 15 is 0 Å². The summed E-state index contributed by atoms with van der Waals surface area (Å²) in [5.41, 5.74) is 12.1. The van der Waals surface area contributed by atoms with Crippen LogP contribution in [0.3, 0.4) is 0 Å². The first-order chi connectivity index (χ1) is 9.09. The molecule has 1 heterocycles. The van der Waals surface area contributed by atoms with Crippen molar-refractivity contribution in [3.63, 3.8) is 0 Å². The molecule has 1 aliphatic heterocycles. The van der Waals surface area contributed by atoms with Crippen LogP contribution in [0.25, 0.3) is 0 Å². The number of carbonyl (C=O) groups excluding carboxylic acids is 2. The number of nitrogens with zero attached hydrogens (tertiary/aromatic N) is 1. The summed E-state index contributed by atoms with van der Waals surface area (Å²) in [6, 6.07) is 8.67. The highest BCUT2D eigenvalue weighted by Gasteiger charge is 2.28. The van der Waals surface area contributed by atoms with E-state index in [-0.39, 0.29) is 30.1 Å². The molecule has 0 spiro atoms. The molecule has 1 aromatic rings. The number of benzene rings is 1. The molecule has 1 unspecified atom stereocenters. The molecule has 1 atom stereocenters. The fourth-order valence-corrected chi connectivity index (χ4v) is 2.38. The number of halogens is 1. The molecular formula is C14H20ClN3O2. The SMILES string of the molecule is Cl.NC(=O)C1CCN(C(=O)C(N)c2ccccc2)CC1. The number of rotatable bonds is 3. The molecular weight excluding hydrogens is 278 g/mol. The van der Waals surface area contributed by atoms with Crippen molar-refractivity contribution in [2.24, 2.45) is 17.4 Å². The lowest BCUT2D eigenvalue weighted by Crippen LogP contribution is -2.45. The van der Waals surface area contributed by atoms with E-state index in [1.54, 1.807) is 4.90 Å². The van der Waals surface area contributed by atoms with Crippen molar-refractivity contribution in [2.75, 3.05) is 13.1 Å². The van der Waals surface area contributed by atoms with Crippen LogP contribution in [0.15, 0.2) is 30.3 Å².